The van der Waals surface area contributed by atoms with Crippen LogP contribution in [-0.2, 0) is 19.4 Å². The summed E-state index contributed by atoms with van der Waals surface area (Å²) in [6.45, 7) is 5.95. The van der Waals surface area contributed by atoms with Crippen molar-refractivity contribution >= 4 is 26.0 Å². The molecule has 0 unspecified atom stereocenters. The largest absolute Gasteiger partial charge is 0.335 e. The van der Waals surface area contributed by atoms with E-state index in [1.54, 1.807) is 36.4 Å². The van der Waals surface area contributed by atoms with Crippen molar-refractivity contribution in [3.8, 4) is 0 Å². The Morgan fingerprint density at radius 2 is 0.958 bits per heavy atom. The van der Waals surface area contributed by atoms with Gasteiger partial charge in [0.2, 0.25) is 0 Å². The molecule has 0 bridgehead atoms. The van der Waals surface area contributed by atoms with Crippen molar-refractivity contribution in [1.82, 2.24) is 0 Å². The predicted octanol–water partition coefficient (Wildman–Crippen LogP) is 3.67. The number of benzene rings is 2. The third-order valence-electron chi connectivity index (χ3n) is 4.71. The molecule has 0 radical (unpaired) electrons. The molecule has 0 aromatic heterocycles. The minimum atomic E-state index is -4.33. The van der Waals surface area contributed by atoms with Crippen LogP contribution in [0.1, 0.15) is 38.8 Å². The lowest BCUT2D eigenvalue weighted by Gasteiger charge is -2.28. The summed E-state index contributed by atoms with van der Waals surface area (Å²) >= 11 is 0. The highest BCUT2D eigenvalue weighted by Crippen LogP contribution is 2.58. The third-order valence-corrected chi connectivity index (χ3v) is 8.14. The van der Waals surface area contributed by atoms with Crippen LogP contribution in [0.25, 0.3) is 10.8 Å². The second-order valence-corrected chi connectivity index (χ2v) is 11.4. The maximum absolute atomic E-state index is 11.7. The van der Waals surface area contributed by atoms with E-state index in [2.05, 4.69) is 0 Å². The summed E-state index contributed by atoms with van der Waals surface area (Å²) in [6.07, 6.45) is 0. The summed E-state index contributed by atoms with van der Waals surface area (Å²) in [7, 11) is -8.66. The summed E-state index contributed by atoms with van der Waals surface area (Å²) < 4.78 is 23.4. The zero-order valence-electron chi connectivity index (χ0n) is 14.0. The van der Waals surface area contributed by atoms with Gasteiger partial charge in [0, 0.05) is 0 Å². The van der Waals surface area contributed by atoms with Crippen molar-refractivity contribution in [1.29, 1.82) is 0 Å². The fourth-order valence-electron chi connectivity index (χ4n) is 2.34. The molecule has 0 aliphatic heterocycles. The van der Waals surface area contributed by atoms with Gasteiger partial charge in [0.15, 0.2) is 0 Å². The minimum Gasteiger partial charge on any atom is -0.324 e. The number of rotatable bonds is 4. The van der Waals surface area contributed by atoms with Crippen molar-refractivity contribution in [2.45, 2.75) is 38.0 Å². The van der Waals surface area contributed by atoms with Crippen LogP contribution < -0.4 is 0 Å². The Labute approximate surface area is 140 Å². The standard InChI is InChI=1S/C16H22O6P2/c1-15(2,23(17,18)19)13-7-5-12-10-14(8-6-11(12)9-13)16(3,4)24(20,21)22/h5-10H,1-4H3,(H2,17,18,19)(H2,20,21,22). The van der Waals surface area contributed by atoms with Gasteiger partial charge in [-0.25, -0.2) is 0 Å². The fourth-order valence-corrected chi connectivity index (χ4v) is 3.29. The first-order chi connectivity index (χ1) is 10.7. The van der Waals surface area contributed by atoms with Crippen molar-refractivity contribution in [2.75, 3.05) is 0 Å². The van der Waals surface area contributed by atoms with Gasteiger partial charge >= 0.3 is 15.2 Å². The first-order valence-electron chi connectivity index (χ1n) is 7.34. The zero-order valence-corrected chi connectivity index (χ0v) is 15.8. The molecule has 6 nitrogen and oxygen atoms in total. The molecule has 24 heavy (non-hydrogen) atoms. The molecule has 0 atom stereocenters. The molecule has 0 spiro atoms. The summed E-state index contributed by atoms with van der Waals surface area (Å²) in [5, 5.41) is -1.13. The molecule has 0 aliphatic rings. The van der Waals surface area contributed by atoms with Crippen molar-refractivity contribution in [2.24, 2.45) is 0 Å². The molecule has 0 heterocycles. The summed E-state index contributed by atoms with van der Waals surface area (Å²) in [5.74, 6) is 0. The van der Waals surface area contributed by atoms with Crippen LogP contribution in [0.5, 0.6) is 0 Å². The molecule has 8 heteroatoms. The SMILES string of the molecule is CC(C)(c1ccc2cc(C(C)(C)P(=O)(O)O)ccc2c1)P(=O)(O)O. The number of fused-ring (bicyclic) bond motifs is 1. The summed E-state index contributed by atoms with van der Waals surface area (Å²) in [6, 6.07) is 10.1. The topological polar surface area (TPSA) is 115 Å². The van der Waals surface area contributed by atoms with Crippen LogP contribution >= 0.6 is 15.2 Å². The minimum absolute atomic E-state index is 0.505. The molecular formula is C16H22O6P2. The van der Waals surface area contributed by atoms with E-state index >= 15 is 0 Å². The Hall–Kier alpha value is -1.00. The molecule has 2 aromatic carbocycles. The van der Waals surface area contributed by atoms with Gasteiger partial charge in [0.05, 0.1) is 10.3 Å². The Morgan fingerprint density at radius 1 is 0.667 bits per heavy atom. The van der Waals surface area contributed by atoms with Gasteiger partial charge in [-0.3, -0.25) is 9.13 Å². The van der Waals surface area contributed by atoms with Crippen LogP contribution in [0.3, 0.4) is 0 Å². The van der Waals surface area contributed by atoms with E-state index in [4.69, 9.17) is 0 Å². The number of hydrogen-bond acceptors (Lipinski definition) is 2. The first-order valence-corrected chi connectivity index (χ1v) is 10.6. The lowest BCUT2D eigenvalue weighted by molar-refractivity contribution is 0.336. The Balaban J connectivity index is 2.58. The smallest absolute Gasteiger partial charge is 0.324 e. The first kappa shape index (κ1) is 19.3. The quantitative estimate of drug-likeness (QED) is 0.609. The van der Waals surface area contributed by atoms with Gasteiger partial charge in [-0.2, -0.15) is 0 Å². The van der Waals surface area contributed by atoms with Crippen LogP contribution in [0.2, 0.25) is 0 Å². The van der Waals surface area contributed by atoms with Gasteiger partial charge < -0.3 is 19.6 Å². The van der Waals surface area contributed by atoms with E-state index in [1.807, 2.05) is 0 Å². The number of hydrogen-bond donors (Lipinski definition) is 4. The highest BCUT2D eigenvalue weighted by atomic mass is 31.2. The van der Waals surface area contributed by atoms with E-state index < -0.39 is 25.5 Å². The maximum Gasteiger partial charge on any atom is 0.335 e. The van der Waals surface area contributed by atoms with Gasteiger partial charge in [-0.1, -0.05) is 24.3 Å². The monoisotopic (exact) mass is 372 g/mol. The van der Waals surface area contributed by atoms with E-state index in [0.29, 0.717) is 11.1 Å². The second-order valence-electron chi connectivity index (χ2n) is 6.98. The van der Waals surface area contributed by atoms with Gasteiger partial charge in [0.25, 0.3) is 0 Å². The lowest BCUT2D eigenvalue weighted by Crippen LogP contribution is -2.18. The van der Waals surface area contributed by atoms with Gasteiger partial charge in [-0.15, -0.1) is 0 Å². The summed E-state index contributed by atoms with van der Waals surface area (Å²) in [4.78, 5) is 38.1. The molecule has 0 aliphatic carbocycles. The average molecular weight is 372 g/mol. The average Bonchev–Trinajstić information content (AvgIpc) is 2.43. The van der Waals surface area contributed by atoms with E-state index in [1.165, 1.54) is 27.7 Å². The molecule has 132 valence electrons. The van der Waals surface area contributed by atoms with Crippen molar-refractivity contribution in [3.05, 3.63) is 47.5 Å². The normalized spacial score (nSPS) is 14.2. The molecule has 0 saturated carbocycles. The molecule has 0 amide bonds. The van der Waals surface area contributed by atoms with Crippen molar-refractivity contribution < 1.29 is 28.7 Å². The van der Waals surface area contributed by atoms with E-state index in [9.17, 15) is 28.7 Å². The predicted molar refractivity (Wildman–Crippen MR) is 94.1 cm³/mol. The molecule has 0 fully saturated rings. The fraction of sp³-hybridized carbons (Fsp3) is 0.375. The van der Waals surface area contributed by atoms with Crippen LogP contribution in [-0.4, -0.2) is 19.6 Å². The highest BCUT2D eigenvalue weighted by molar-refractivity contribution is 7.53. The molecule has 2 rings (SSSR count). The highest BCUT2D eigenvalue weighted by Gasteiger charge is 2.40. The van der Waals surface area contributed by atoms with Gasteiger partial charge in [0.1, 0.15) is 0 Å². The second kappa shape index (κ2) is 5.77. The Bertz CT molecular complexity index is 802. The third kappa shape index (κ3) is 3.23. The Kier molecular flexibility index (Phi) is 4.65. The zero-order chi connectivity index (χ0) is 18.6. The van der Waals surface area contributed by atoms with Crippen LogP contribution in [0, 0.1) is 0 Å². The van der Waals surface area contributed by atoms with Gasteiger partial charge in [-0.05, 0) is 61.7 Å². The van der Waals surface area contributed by atoms with E-state index in [-0.39, 0.29) is 0 Å². The maximum atomic E-state index is 11.7. The molecular weight excluding hydrogens is 350 g/mol. The lowest BCUT2D eigenvalue weighted by atomic mass is 9.95. The molecule has 4 N–H and O–H groups in total. The molecule has 2 aromatic rings. The summed E-state index contributed by atoms with van der Waals surface area (Å²) in [5.41, 5.74) is 1.01. The Morgan fingerprint density at radius 3 is 1.21 bits per heavy atom. The van der Waals surface area contributed by atoms with Crippen molar-refractivity contribution in [3.63, 3.8) is 0 Å². The molecule has 0 saturated heterocycles. The van der Waals surface area contributed by atoms with E-state index in [0.717, 1.165) is 10.8 Å². The van der Waals surface area contributed by atoms with Crippen LogP contribution in [0.15, 0.2) is 36.4 Å². The van der Waals surface area contributed by atoms with Crippen LogP contribution in [0.4, 0.5) is 0 Å².